The summed E-state index contributed by atoms with van der Waals surface area (Å²) in [5, 5.41) is 14.3. The number of ether oxygens (including phenoxy) is 1. The first-order valence-corrected chi connectivity index (χ1v) is 10.8. The number of anilines is 1. The van der Waals surface area contributed by atoms with E-state index < -0.39 is 0 Å². The molecule has 1 aliphatic heterocycles. The van der Waals surface area contributed by atoms with E-state index in [9.17, 15) is 0 Å². The Kier molecular flexibility index (Phi) is 4.61. The first kappa shape index (κ1) is 20.1. The number of halogens is 1. The average Bonchev–Trinajstić information content (AvgIpc) is 3.31. The van der Waals surface area contributed by atoms with Crippen LogP contribution in [-0.4, -0.2) is 33.0 Å². The van der Waals surface area contributed by atoms with Crippen LogP contribution in [0.1, 0.15) is 31.1 Å². The number of methoxy groups -OCH3 is 1. The Labute approximate surface area is 186 Å². The molecule has 0 radical (unpaired) electrons. The Morgan fingerprint density at radius 2 is 1.97 bits per heavy atom. The molecule has 5 rings (SSSR count). The van der Waals surface area contributed by atoms with E-state index in [-0.39, 0.29) is 5.54 Å². The molecule has 4 aromatic rings. The van der Waals surface area contributed by atoms with Gasteiger partial charge >= 0.3 is 0 Å². The molecular weight excluding hydrogens is 410 g/mol. The molecular formula is C24H26ClN5O. The molecule has 0 amide bonds. The van der Waals surface area contributed by atoms with Gasteiger partial charge < -0.3 is 14.6 Å². The zero-order chi connectivity index (χ0) is 21.9. The fourth-order valence-electron chi connectivity index (χ4n) is 4.73. The van der Waals surface area contributed by atoms with Gasteiger partial charge in [0.1, 0.15) is 5.82 Å². The van der Waals surface area contributed by atoms with Crippen molar-refractivity contribution in [2.24, 2.45) is 0 Å². The monoisotopic (exact) mass is 435 g/mol. The molecule has 0 atom stereocenters. The molecule has 2 aromatic heterocycles. The predicted octanol–water partition coefficient (Wildman–Crippen LogP) is 5.47. The summed E-state index contributed by atoms with van der Waals surface area (Å²) in [5.41, 5.74) is 6.15. The standard InChI is InChI=1S/C24H26ClN5O/c1-14-21(17-7-6-8-20-16(17)9-10-29(20)11-12-31-5)18(25)13-19-22(14)30-15(2)27-28-23(30)24(3,4)26-19/h6-10,13,26H,11-12H2,1-5H3. The number of nitrogens with one attached hydrogen (secondary N) is 1. The number of benzene rings is 2. The van der Waals surface area contributed by atoms with Crippen molar-refractivity contribution in [3.05, 3.63) is 58.8 Å². The molecule has 31 heavy (non-hydrogen) atoms. The van der Waals surface area contributed by atoms with Crippen LogP contribution in [0.5, 0.6) is 0 Å². The fourth-order valence-corrected chi connectivity index (χ4v) is 5.09. The molecule has 3 heterocycles. The topological polar surface area (TPSA) is 56.9 Å². The first-order chi connectivity index (χ1) is 14.8. The molecule has 2 aromatic carbocycles. The van der Waals surface area contributed by atoms with Crippen LogP contribution in [0.2, 0.25) is 5.02 Å². The van der Waals surface area contributed by atoms with E-state index in [1.54, 1.807) is 7.11 Å². The van der Waals surface area contributed by atoms with E-state index in [1.807, 2.05) is 13.0 Å². The molecule has 0 saturated carbocycles. The van der Waals surface area contributed by atoms with Crippen molar-refractivity contribution >= 4 is 28.2 Å². The van der Waals surface area contributed by atoms with E-state index in [2.05, 4.69) is 75.9 Å². The molecule has 0 fully saturated rings. The largest absolute Gasteiger partial charge is 0.383 e. The fraction of sp³-hybridized carbons (Fsp3) is 0.333. The third kappa shape index (κ3) is 2.97. The van der Waals surface area contributed by atoms with E-state index in [0.717, 1.165) is 51.3 Å². The Hall–Kier alpha value is -2.83. The van der Waals surface area contributed by atoms with Crippen LogP contribution in [0.25, 0.3) is 27.7 Å². The zero-order valence-electron chi connectivity index (χ0n) is 18.5. The van der Waals surface area contributed by atoms with Crippen LogP contribution in [-0.2, 0) is 16.8 Å². The predicted molar refractivity (Wildman–Crippen MR) is 125 cm³/mol. The van der Waals surface area contributed by atoms with Gasteiger partial charge in [0.05, 0.1) is 28.5 Å². The molecule has 1 N–H and O–H groups in total. The van der Waals surface area contributed by atoms with E-state index >= 15 is 0 Å². The van der Waals surface area contributed by atoms with Crippen LogP contribution in [0.4, 0.5) is 5.69 Å². The van der Waals surface area contributed by atoms with Gasteiger partial charge in [-0.25, -0.2) is 0 Å². The van der Waals surface area contributed by atoms with E-state index in [1.165, 1.54) is 10.9 Å². The number of hydrogen-bond acceptors (Lipinski definition) is 4. The summed E-state index contributed by atoms with van der Waals surface area (Å²) in [6, 6.07) is 10.6. The van der Waals surface area contributed by atoms with Crippen LogP contribution < -0.4 is 5.32 Å². The molecule has 0 unspecified atom stereocenters. The summed E-state index contributed by atoms with van der Waals surface area (Å²) in [5.74, 6) is 1.77. The normalized spacial score (nSPS) is 14.4. The van der Waals surface area contributed by atoms with Gasteiger partial charge in [-0.1, -0.05) is 23.7 Å². The SMILES string of the molecule is COCCn1ccc2c(-c3c(Cl)cc4c(c3C)-n3c(C)nnc3C(C)(C)N4)cccc21. The lowest BCUT2D eigenvalue weighted by atomic mass is 9.92. The van der Waals surface area contributed by atoms with Crippen molar-refractivity contribution in [3.63, 3.8) is 0 Å². The lowest BCUT2D eigenvalue weighted by Crippen LogP contribution is -2.36. The summed E-state index contributed by atoms with van der Waals surface area (Å²) in [6.45, 7) is 9.81. The second-order valence-corrected chi connectivity index (χ2v) is 9.06. The highest BCUT2D eigenvalue weighted by Gasteiger charge is 2.36. The average molecular weight is 436 g/mol. The quantitative estimate of drug-likeness (QED) is 0.462. The molecule has 7 heteroatoms. The van der Waals surface area contributed by atoms with Gasteiger partial charge in [-0.05, 0) is 57.0 Å². The van der Waals surface area contributed by atoms with Crippen LogP contribution in [0.3, 0.4) is 0 Å². The summed E-state index contributed by atoms with van der Waals surface area (Å²) in [6.07, 6.45) is 2.11. The van der Waals surface area contributed by atoms with Gasteiger partial charge in [0.2, 0.25) is 0 Å². The van der Waals surface area contributed by atoms with Crippen molar-refractivity contribution < 1.29 is 4.74 Å². The minimum Gasteiger partial charge on any atom is -0.383 e. The van der Waals surface area contributed by atoms with Gasteiger partial charge in [0.25, 0.3) is 0 Å². The minimum absolute atomic E-state index is 0.343. The minimum atomic E-state index is -0.343. The Bertz CT molecular complexity index is 1320. The Balaban J connectivity index is 1.76. The Morgan fingerprint density at radius 1 is 1.16 bits per heavy atom. The van der Waals surface area contributed by atoms with Crippen molar-refractivity contribution in [1.29, 1.82) is 0 Å². The molecule has 0 aliphatic carbocycles. The molecule has 0 spiro atoms. The third-order valence-electron chi connectivity index (χ3n) is 6.17. The lowest BCUT2D eigenvalue weighted by Gasteiger charge is -2.35. The summed E-state index contributed by atoms with van der Waals surface area (Å²) >= 11 is 6.92. The maximum Gasteiger partial charge on any atom is 0.162 e. The van der Waals surface area contributed by atoms with Crippen molar-refractivity contribution in [3.8, 4) is 16.8 Å². The number of aryl methyl sites for hydroxylation is 1. The second-order valence-electron chi connectivity index (χ2n) is 8.65. The summed E-state index contributed by atoms with van der Waals surface area (Å²) in [7, 11) is 1.73. The van der Waals surface area contributed by atoms with Crippen molar-refractivity contribution in [2.45, 2.75) is 39.8 Å². The number of hydrogen-bond donors (Lipinski definition) is 1. The van der Waals surface area contributed by atoms with Gasteiger partial charge in [0, 0.05) is 36.3 Å². The highest BCUT2D eigenvalue weighted by atomic mass is 35.5. The van der Waals surface area contributed by atoms with Gasteiger partial charge in [0.15, 0.2) is 5.82 Å². The molecule has 0 saturated heterocycles. The molecule has 6 nitrogen and oxygen atoms in total. The maximum atomic E-state index is 6.92. The summed E-state index contributed by atoms with van der Waals surface area (Å²) < 4.78 is 9.65. The van der Waals surface area contributed by atoms with Gasteiger partial charge in [-0.3, -0.25) is 4.57 Å². The lowest BCUT2D eigenvalue weighted by molar-refractivity contribution is 0.188. The number of fused-ring (bicyclic) bond motifs is 4. The number of rotatable bonds is 4. The summed E-state index contributed by atoms with van der Waals surface area (Å²) in [4.78, 5) is 0. The van der Waals surface area contributed by atoms with Crippen LogP contribution in [0, 0.1) is 13.8 Å². The Morgan fingerprint density at radius 3 is 2.74 bits per heavy atom. The molecule has 1 aliphatic rings. The van der Waals surface area contributed by atoms with Crippen LogP contribution >= 0.6 is 11.6 Å². The molecule has 0 bridgehead atoms. The van der Waals surface area contributed by atoms with Gasteiger partial charge in [-0.15, -0.1) is 10.2 Å². The molecule has 160 valence electrons. The van der Waals surface area contributed by atoms with Gasteiger partial charge in [-0.2, -0.15) is 0 Å². The van der Waals surface area contributed by atoms with Crippen LogP contribution in [0.15, 0.2) is 36.5 Å². The van der Waals surface area contributed by atoms with Crippen molar-refractivity contribution in [2.75, 3.05) is 19.0 Å². The highest BCUT2D eigenvalue weighted by molar-refractivity contribution is 6.34. The highest BCUT2D eigenvalue weighted by Crippen LogP contribution is 2.46. The zero-order valence-corrected chi connectivity index (χ0v) is 19.2. The number of nitrogens with zero attached hydrogens (tertiary/aromatic N) is 4. The maximum absolute atomic E-state index is 6.92. The first-order valence-electron chi connectivity index (χ1n) is 10.4. The van der Waals surface area contributed by atoms with E-state index in [0.29, 0.717) is 6.61 Å². The third-order valence-corrected chi connectivity index (χ3v) is 6.47. The van der Waals surface area contributed by atoms with E-state index in [4.69, 9.17) is 16.3 Å². The van der Waals surface area contributed by atoms with Crippen molar-refractivity contribution in [1.82, 2.24) is 19.3 Å². The number of aromatic nitrogens is 4. The second kappa shape index (κ2) is 7.11. The smallest absolute Gasteiger partial charge is 0.162 e.